The molecule has 0 saturated heterocycles. The summed E-state index contributed by atoms with van der Waals surface area (Å²) in [6.07, 6.45) is -0.276. The van der Waals surface area contributed by atoms with E-state index in [0.29, 0.717) is 5.56 Å². The molecule has 0 spiro atoms. The maximum atomic E-state index is 12.3. The number of carbonyl (C=O) groups excluding carboxylic acids is 2. The molecule has 1 atom stereocenters. The maximum Gasteiger partial charge on any atom is 0.338 e. The van der Waals surface area contributed by atoms with E-state index in [-0.39, 0.29) is 42.3 Å². The van der Waals surface area contributed by atoms with Gasteiger partial charge in [-0.25, -0.2) is 9.59 Å². The second-order valence-electron chi connectivity index (χ2n) is 5.19. The Balaban J connectivity index is 2.55. The van der Waals surface area contributed by atoms with Crippen molar-refractivity contribution in [2.45, 2.75) is 26.2 Å². The lowest BCUT2D eigenvalue weighted by Gasteiger charge is -2.26. The van der Waals surface area contributed by atoms with Gasteiger partial charge in [-0.15, -0.1) is 0 Å². The van der Waals surface area contributed by atoms with Gasteiger partial charge in [-0.2, -0.15) is 0 Å². The summed E-state index contributed by atoms with van der Waals surface area (Å²) >= 11 is 0. The minimum absolute atomic E-state index is 0.0590. The number of hydrogen-bond donors (Lipinski definition) is 2. The molecule has 0 saturated carbocycles. The SMILES string of the molecule is CCOC(=O)C1=C(O)C(c2ccccc2)C(C(=O)OCC)=C(O)C1. The molecule has 0 amide bonds. The lowest BCUT2D eigenvalue weighted by molar-refractivity contribution is -0.141. The molecular formula is C18H20O6. The summed E-state index contributed by atoms with van der Waals surface area (Å²) in [6, 6.07) is 8.65. The third-order valence-electron chi connectivity index (χ3n) is 3.68. The fraction of sp³-hybridized carbons (Fsp3) is 0.333. The van der Waals surface area contributed by atoms with Gasteiger partial charge in [0.1, 0.15) is 11.5 Å². The smallest absolute Gasteiger partial charge is 0.338 e. The van der Waals surface area contributed by atoms with E-state index in [1.54, 1.807) is 44.2 Å². The highest BCUT2D eigenvalue weighted by atomic mass is 16.5. The Morgan fingerprint density at radius 3 is 2.21 bits per heavy atom. The predicted octanol–water partition coefficient (Wildman–Crippen LogP) is 2.92. The Kier molecular flexibility index (Phi) is 5.63. The number of hydrogen-bond acceptors (Lipinski definition) is 6. The Morgan fingerprint density at radius 1 is 1.04 bits per heavy atom. The number of rotatable bonds is 5. The van der Waals surface area contributed by atoms with Crippen LogP contribution < -0.4 is 0 Å². The van der Waals surface area contributed by atoms with Crippen molar-refractivity contribution in [1.82, 2.24) is 0 Å². The Bertz CT molecular complexity index is 687. The lowest BCUT2D eigenvalue weighted by atomic mass is 9.81. The van der Waals surface area contributed by atoms with E-state index in [2.05, 4.69) is 0 Å². The molecule has 0 bridgehead atoms. The monoisotopic (exact) mass is 332 g/mol. The third kappa shape index (κ3) is 3.42. The zero-order valence-corrected chi connectivity index (χ0v) is 13.6. The normalized spacial score (nSPS) is 17.7. The highest BCUT2D eigenvalue weighted by Gasteiger charge is 2.38. The van der Waals surface area contributed by atoms with Crippen LogP contribution in [0.5, 0.6) is 0 Å². The molecule has 6 nitrogen and oxygen atoms in total. The Hall–Kier alpha value is -2.76. The number of ether oxygens (including phenoxy) is 2. The summed E-state index contributed by atoms with van der Waals surface area (Å²) < 4.78 is 9.91. The Labute approximate surface area is 140 Å². The van der Waals surface area contributed by atoms with Gasteiger partial charge in [-0.05, 0) is 19.4 Å². The largest absolute Gasteiger partial charge is 0.511 e. The van der Waals surface area contributed by atoms with E-state index in [0.717, 1.165) is 0 Å². The van der Waals surface area contributed by atoms with Crippen molar-refractivity contribution in [3.8, 4) is 0 Å². The van der Waals surface area contributed by atoms with Gasteiger partial charge < -0.3 is 19.7 Å². The summed E-state index contributed by atoms with van der Waals surface area (Å²) in [7, 11) is 0. The van der Waals surface area contributed by atoms with Crippen LogP contribution in [0.2, 0.25) is 0 Å². The second kappa shape index (κ2) is 7.68. The minimum atomic E-state index is -0.974. The number of benzene rings is 1. The number of allylic oxidation sites excluding steroid dienone is 2. The van der Waals surface area contributed by atoms with Gasteiger partial charge >= 0.3 is 11.9 Å². The van der Waals surface area contributed by atoms with Crippen LogP contribution in [0.3, 0.4) is 0 Å². The van der Waals surface area contributed by atoms with Crippen LogP contribution in [0.1, 0.15) is 31.7 Å². The van der Waals surface area contributed by atoms with E-state index in [1.807, 2.05) is 0 Å². The van der Waals surface area contributed by atoms with Crippen LogP contribution in [0, 0.1) is 0 Å². The van der Waals surface area contributed by atoms with Gasteiger partial charge in [-0.1, -0.05) is 30.3 Å². The van der Waals surface area contributed by atoms with Gasteiger partial charge in [0.05, 0.1) is 30.3 Å². The first-order valence-corrected chi connectivity index (χ1v) is 7.74. The standard InChI is InChI=1S/C18H20O6/c1-3-23-17(21)12-10-13(19)15(18(22)24-4-2)14(16(12)20)11-8-6-5-7-9-11/h5-9,14,19-20H,3-4,10H2,1-2H3. The molecule has 2 rings (SSSR count). The van der Waals surface area contributed by atoms with Crippen molar-refractivity contribution in [1.29, 1.82) is 0 Å². The number of esters is 2. The molecule has 1 aliphatic carbocycles. The van der Waals surface area contributed by atoms with Gasteiger partial charge in [-0.3, -0.25) is 0 Å². The fourth-order valence-corrected chi connectivity index (χ4v) is 2.64. The summed E-state index contributed by atoms with van der Waals surface area (Å²) in [5.74, 6) is -3.02. The van der Waals surface area contributed by atoms with Crippen molar-refractivity contribution in [2.75, 3.05) is 13.2 Å². The quantitative estimate of drug-likeness (QED) is 0.805. The lowest BCUT2D eigenvalue weighted by Crippen LogP contribution is -2.26. The number of carbonyl (C=O) groups is 2. The van der Waals surface area contributed by atoms with Crippen molar-refractivity contribution >= 4 is 11.9 Å². The van der Waals surface area contributed by atoms with Crippen molar-refractivity contribution in [2.24, 2.45) is 0 Å². The molecule has 1 aromatic carbocycles. The second-order valence-corrected chi connectivity index (χ2v) is 5.19. The van der Waals surface area contributed by atoms with Crippen LogP contribution in [-0.2, 0) is 19.1 Å². The van der Waals surface area contributed by atoms with Crippen molar-refractivity contribution < 1.29 is 29.3 Å². The first-order chi connectivity index (χ1) is 11.5. The summed E-state index contributed by atoms with van der Waals surface area (Å²) in [6.45, 7) is 3.56. The predicted molar refractivity (Wildman–Crippen MR) is 86.4 cm³/mol. The summed E-state index contributed by atoms with van der Waals surface area (Å²) in [5, 5.41) is 20.9. The van der Waals surface area contributed by atoms with Crippen LogP contribution in [0.4, 0.5) is 0 Å². The van der Waals surface area contributed by atoms with E-state index in [4.69, 9.17) is 9.47 Å². The van der Waals surface area contributed by atoms with E-state index in [9.17, 15) is 19.8 Å². The molecule has 6 heteroatoms. The molecule has 1 aromatic rings. The summed E-state index contributed by atoms with van der Waals surface area (Å²) in [4.78, 5) is 24.3. The molecule has 2 N–H and O–H groups in total. The van der Waals surface area contributed by atoms with Crippen LogP contribution in [0.15, 0.2) is 53.0 Å². The van der Waals surface area contributed by atoms with E-state index in [1.165, 1.54) is 0 Å². The molecular weight excluding hydrogens is 312 g/mol. The maximum absolute atomic E-state index is 12.3. The number of aliphatic hydroxyl groups excluding tert-OH is 2. The highest BCUT2D eigenvalue weighted by Crippen LogP contribution is 2.40. The zero-order valence-electron chi connectivity index (χ0n) is 13.6. The van der Waals surface area contributed by atoms with Crippen LogP contribution in [-0.4, -0.2) is 35.4 Å². The fourth-order valence-electron chi connectivity index (χ4n) is 2.64. The van der Waals surface area contributed by atoms with Crippen LogP contribution in [0.25, 0.3) is 0 Å². The van der Waals surface area contributed by atoms with E-state index >= 15 is 0 Å². The zero-order chi connectivity index (χ0) is 17.7. The topological polar surface area (TPSA) is 93.1 Å². The minimum Gasteiger partial charge on any atom is -0.511 e. The van der Waals surface area contributed by atoms with Gasteiger partial charge in [0.15, 0.2) is 0 Å². The summed E-state index contributed by atoms with van der Waals surface area (Å²) in [5.41, 5.74) is 0.441. The number of aliphatic hydroxyl groups is 2. The van der Waals surface area contributed by atoms with Gasteiger partial charge in [0, 0.05) is 6.42 Å². The molecule has 0 aliphatic heterocycles. The first kappa shape index (κ1) is 17.6. The van der Waals surface area contributed by atoms with Crippen molar-refractivity contribution in [3.05, 3.63) is 58.6 Å². The average Bonchev–Trinajstić information content (AvgIpc) is 2.57. The van der Waals surface area contributed by atoms with Crippen molar-refractivity contribution in [3.63, 3.8) is 0 Å². The van der Waals surface area contributed by atoms with Crippen LogP contribution >= 0.6 is 0 Å². The first-order valence-electron chi connectivity index (χ1n) is 7.74. The average molecular weight is 332 g/mol. The molecule has 0 radical (unpaired) electrons. The molecule has 0 heterocycles. The molecule has 1 aliphatic rings. The molecule has 1 unspecified atom stereocenters. The third-order valence-corrected chi connectivity index (χ3v) is 3.68. The molecule has 128 valence electrons. The van der Waals surface area contributed by atoms with E-state index < -0.39 is 17.9 Å². The molecule has 24 heavy (non-hydrogen) atoms. The molecule has 0 aromatic heterocycles. The Morgan fingerprint density at radius 2 is 1.62 bits per heavy atom. The molecule has 0 fully saturated rings. The highest BCUT2D eigenvalue weighted by molar-refractivity contribution is 5.96. The van der Waals surface area contributed by atoms with Gasteiger partial charge in [0.2, 0.25) is 0 Å². The van der Waals surface area contributed by atoms with Gasteiger partial charge in [0.25, 0.3) is 0 Å².